The van der Waals surface area contributed by atoms with Gasteiger partial charge in [-0.2, -0.15) is 0 Å². The standard InChI is InChI=1S/C30H29N/c1-5-22(4)23-9-8-10-24(19-23)31-29-15-13-20(2)17-27(29)25-11-6-7-12-26(25)28-18-21(3)14-16-30(28)31/h6-19,22H,5H2,1-4H3. The van der Waals surface area contributed by atoms with Crippen LogP contribution in [0, 0.1) is 13.8 Å². The van der Waals surface area contributed by atoms with E-state index in [0.29, 0.717) is 5.92 Å². The summed E-state index contributed by atoms with van der Waals surface area (Å²) in [6.45, 7) is 8.93. The van der Waals surface area contributed by atoms with Gasteiger partial charge in [0.05, 0.1) is 11.4 Å². The highest BCUT2D eigenvalue weighted by atomic mass is 15.1. The normalized spacial score (nSPS) is 13.1. The van der Waals surface area contributed by atoms with Gasteiger partial charge in [0.15, 0.2) is 0 Å². The van der Waals surface area contributed by atoms with E-state index in [4.69, 9.17) is 0 Å². The fourth-order valence-corrected chi connectivity index (χ4v) is 4.69. The Bertz CT molecular complexity index is 1190. The molecule has 154 valence electrons. The van der Waals surface area contributed by atoms with Crippen LogP contribution in [0.5, 0.6) is 0 Å². The minimum absolute atomic E-state index is 0.541. The Morgan fingerprint density at radius 1 is 0.645 bits per heavy atom. The van der Waals surface area contributed by atoms with Crippen LogP contribution in [0.15, 0.2) is 84.9 Å². The Hall–Kier alpha value is -3.32. The van der Waals surface area contributed by atoms with E-state index < -0.39 is 0 Å². The molecule has 0 aliphatic carbocycles. The molecule has 1 heteroatoms. The van der Waals surface area contributed by atoms with Gasteiger partial charge in [-0.1, -0.05) is 73.5 Å². The van der Waals surface area contributed by atoms with E-state index in [-0.39, 0.29) is 0 Å². The van der Waals surface area contributed by atoms with Crippen molar-refractivity contribution in [2.75, 3.05) is 4.90 Å². The topological polar surface area (TPSA) is 3.24 Å². The van der Waals surface area contributed by atoms with Crippen LogP contribution < -0.4 is 4.90 Å². The van der Waals surface area contributed by atoms with Crippen molar-refractivity contribution < 1.29 is 0 Å². The van der Waals surface area contributed by atoms with Crippen molar-refractivity contribution in [3.63, 3.8) is 0 Å². The molecule has 0 spiro atoms. The van der Waals surface area contributed by atoms with Crippen molar-refractivity contribution in [1.29, 1.82) is 0 Å². The minimum Gasteiger partial charge on any atom is -0.309 e. The van der Waals surface area contributed by atoms with Crippen LogP contribution in [-0.4, -0.2) is 0 Å². The van der Waals surface area contributed by atoms with Gasteiger partial charge in [-0.15, -0.1) is 0 Å². The molecular formula is C30H29N. The number of rotatable bonds is 3. The van der Waals surface area contributed by atoms with E-state index in [0.717, 1.165) is 6.42 Å². The first-order chi connectivity index (χ1) is 15.1. The van der Waals surface area contributed by atoms with Crippen LogP contribution >= 0.6 is 0 Å². The molecule has 1 heterocycles. The number of nitrogens with zero attached hydrogens (tertiary/aromatic N) is 1. The van der Waals surface area contributed by atoms with Crippen molar-refractivity contribution in [2.45, 2.75) is 40.0 Å². The molecule has 0 aromatic heterocycles. The quantitative estimate of drug-likeness (QED) is 0.290. The summed E-state index contributed by atoms with van der Waals surface area (Å²) in [5.74, 6) is 0.541. The lowest BCUT2D eigenvalue weighted by atomic mass is 9.93. The second-order valence-corrected chi connectivity index (χ2v) is 8.83. The summed E-state index contributed by atoms with van der Waals surface area (Å²) in [5, 5.41) is 0. The summed E-state index contributed by atoms with van der Waals surface area (Å²) in [5.41, 5.74) is 12.8. The predicted octanol–water partition coefficient (Wildman–Crippen LogP) is 8.93. The van der Waals surface area contributed by atoms with Gasteiger partial charge < -0.3 is 4.90 Å². The fraction of sp³-hybridized carbons (Fsp3) is 0.200. The van der Waals surface area contributed by atoms with Crippen LogP contribution in [0.2, 0.25) is 0 Å². The van der Waals surface area contributed by atoms with Crippen LogP contribution in [0.25, 0.3) is 22.3 Å². The molecule has 1 atom stereocenters. The summed E-state index contributed by atoms with van der Waals surface area (Å²) in [4.78, 5) is 2.45. The number of anilines is 3. The summed E-state index contributed by atoms with van der Waals surface area (Å²) in [7, 11) is 0. The smallest absolute Gasteiger partial charge is 0.0540 e. The molecule has 0 radical (unpaired) electrons. The zero-order chi connectivity index (χ0) is 21.5. The Balaban J connectivity index is 1.86. The Morgan fingerprint density at radius 2 is 1.23 bits per heavy atom. The van der Waals surface area contributed by atoms with Gasteiger partial charge in [0.25, 0.3) is 0 Å². The van der Waals surface area contributed by atoms with Crippen molar-refractivity contribution >= 4 is 17.1 Å². The molecule has 4 aromatic rings. The molecule has 1 unspecified atom stereocenters. The average molecular weight is 404 g/mol. The maximum absolute atomic E-state index is 2.45. The van der Waals surface area contributed by atoms with Crippen molar-refractivity contribution in [3.8, 4) is 22.3 Å². The van der Waals surface area contributed by atoms with Gasteiger partial charge in [0.2, 0.25) is 0 Å². The van der Waals surface area contributed by atoms with E-state index in [2.05, 4.69) is 118 Å². The lowest BCUT2D eigenvalue weighted by Gasteiger charge is -2.28. The van der Waals surface area contributed by atoms with Gasteiger partial charge in [-0.25, -0.2) is 0 Å². The molecule has 5 rings (SSSR count). The number of fused-ring (bicyclic) bond motifs is 5. The van der Waals surface area contributed by atoms with E-state index in [1.165, 1.54) is 56.0 Å². The van der Waals surface area contributed by atoms with Gasteiger partial charge >= 0.3 is 0 Å². The highest BCUT2D eigenvalue weighted by molar-refractivity contribution is 6.02. The van der Waals surface area contributed by atoms with Crippen LogP contribution in [0.4, 0.5) is 17.1 Å². The molecule has 1 aliphatic heterocycles. The van der Waals surface area contributed by atoms with Gasteiger partial charge in [-0.05, 0) is 79.3 Å². The molecule has 0 bridgehead atoms. The molecular weight excluding hydrogens is 374 g/mol. The van der Waals surface area contributed by atoms with E-state index >= 15 is 0 Å². The summed E-state index contributed by atoms with van der Waals surface area (Å²) in [6, 6.07) is 31.6. The Labute approximate surface area is 186 Å². The first kappa shape index (κ1) is 19.6. The molecule has 0 amide bonds. The number of aryl methyl sites for hydroxylation is 2. The van der Waals surface area contributed by atoms with Gasteiger partial charge in [0.1, 0.15) is 0 Å². The molecule has 4 aromatic carbocycles. The largest absolute Gasteiger partial charge is 0.309 e. The Morgan fingerprint density at radius 3 is 1.77 bits per heavy atom. The molecule has 1 nitrogen and oxygen atoms in total. The highest BCUT2D eigenvalue weighted by Crippen LogP contribution is 2.51. The molecule has 0 fully saturated rings. The molecule has 0 N–H and O–H groups in total. The summed E-state index contributed by atoms with van der Waals surface area (Å²) >= 11 is 0. The van der Waals surface area contributed by atoms with Crippen LogP contribution in [0.3, 0.4) is 0 Å². The van der Waals surface area contributed by atoms with Crippen molar-refractivity contribution in [3.05, 3.63) is 102 Å². The maximum atomic E-state index is 2.45. The fourth-order valence-electron chi connectivity index (χ4n) is 4.69. The molecule has 0 saturated heterocycles. The average Bonchev–Trinajstić information content (AvgIpc) is 2.91. The number of hydrogen-bond acceptors (Lipinski definition) is 1. The summed E-state index contributed by atoms with van der Waals surface area (Å²) in [6.07, 6.45) is 1.14. The maximum Gasteiger partial charge on any atom is 0.0540 e. The lowest BCUT2D eigenvalue weighted by Crippen LogP contribution is -2.11. The van der Waals surface area contributed by atoms with Crippen LogP contribution in [-0.2, 0) is 0 Å². The third-order valence-electron chi connectivity index (χ3n) is 6.60. The zero-order valence-corrected chi connectivity index (χ0v) is 18.8. The SMILES string of the molecule is CCC(C)c1cccc(N2c3ccc(C)cc3-c3ccccc3-c3cc(C)ccc32)c1. The molecule has 31 heavy (non-hydrogen) atoms. The number of hydrogen-bond donors (Lipinski definition) is 0. The predicted molar refractivity (Wildman–Crippen MR) is 134 cm³/mol. The first-order valence-corrected chi connectivity index (χ1v) is 11.3. The van der Waals surface area contributed by atoms with Gasteiger partial charge in [0, 0.05) is 16.8 Å². The second-order valence-electron chi connectivity index (χ2n) is 8.83. The van der Waals surface area contributed by atoms with Gasteiger partial charge in [-0.3, -0.25) is 0 Å². The first-order valence-electron chi connectivity index (χ1n) is 11.3. The Kier molecular flexibility index (Phi) is 4.90. The third kappa shape index (κ3) is 3.35. The van der Waals surface area contributed by atoms with Crippen molar-refractivity contribution in [1.82, 2.24) is 0 Å². The van der Waals surface area contributed by atoms with E-state index in [1.54, 1.807) is 0 Å². The van der Waals surface area contributed by atoms with E-state index in [1.807, 2.05) is 0 Å². The monoisotopic (exact) mass is 403 g/mol. The minimum atomic E-state index is 0.541. The molecule has 1 aliphatic rings. The van der Waals surface area contributed by atoms with E-state index in [9.17, 15) is 0 Å². The zero-order valence-electron chi connectivity index (χ0n) is 18.8. The number of benzene rings is 4. The second kappa shape index (κ2) is 7.74. The highest BCUT2D eigenvalue weighted by Gasteiger charge is 2.26. The van der Waals surface area contributed by atoms with Crippen molar-refractivity contribution in [2.24, 2.45) is 0 Å². The molecule has 0 saturated carbocycles. The van der Waals surface area contributed by atoms with Crippen LogP contribution in [0.1, 0.15) is 42.9 Å². The third-order valence-corrected chi connectivity index (χ3v) is 6.60. The lowest BCUT2D eigenvalue weighted by molar-refractivity contribution is 0.733. The summed E-state index contributed by atoms with van der Waals surface area (Å²) < 4.78 is 0.